The second-order valence-electron chi connectivity index (χ2n) is 6.82. The lowest BCUT2D eigenvalue weighted by Crippen LogP contribution is -2.40. The molecule has 2 saturated carbocycles. The molecule has 2 atom stereocenters. The highest BCUT2D eigenvalue weighted by atomic mass is 16.2. The topological polar surface area (TPSA) is 58.1 Å². The van der Waals surface area contributed by atoms with Gasteiger partial charge in [0, 0.05) is 37.3 Å². The van der Waals surface area contributed by atoms with Gasteiger partial charge in [-0.05, 0) is 37.7 Å². The summed E-state index contributed by atoms with van der Waals surface area (Å²) >= 11 is 0. The van der Waals surface area contributed by atoms with Crippen LogP contribution in [0.25, 0.3) is 0 Å². The maximum Gasteiger partial charge on any atom is 0.270 e. The van der Waals surface area contributed by atoms with Crippen LogP contribution in [0.4, 0.5) is 0 Å². The summed E-state index contributed by atoms with van der Waals surface area (Å²) in [5, 5.41) is 3.17. The summed E-state index contributed by atoms with van der Waals surface area (Å²) in [6.45, 7) is 4.31. The third kappa shape index (κ3) is 2.79. The van der Waals surface area contributed by atoms with E-state index in [9.17, 15) is 4.79 Å². The van der Waals surface area contributed by atoms with Crippen molar-refractivity contribution in [2.75, 3.05) is 13.1 Å². The normalized spacial score (nSPS) is 29.6. The molecule has 112 valence electrons. The fourth-order valence-corrected chi connectivity index (χ4v) is 3.21. The van der Waals surface area contributed by atoms with Crippen LogP contribution in [-0.2, 0) is 0 Å². The molecule has 1 aromatic heterocycles. The maximum absolute atomic E-state index is 12.4. The van der Waals surface area contributed by atoms with Gasteiger partial charge in [-0.1, -0.05) is 6.92 Å². The number of amides is 1. The Morgan fingerprint density at radius 2 is 2.10 bits per heavy atom. The van der Waals surface area contributed by atoms with Crippen molar-refractivity contribution in [3.8, 4) is 0 Å². The molecule has 1 aromatic rings. The molecular formula is C16H22N4O. The summed E-state index contributed by atoms with van der Waals surface area (Å²) in [6.07, 6.45) is 6.67. The average Bonchev–Trinajstić information content (AvgIpc) is 3.39. The summed E-state index contributed by atoms with van der Waals surface area (Å²) in [7, 11) is 0. The molecule has 1 saturated heterocycles. The van der Waals surface area contributed by atoms with E-state index in [-0.39, 0.29) is 11.9 Å². The number of nitrogens with one attached hydrogen (secondary N) is 1. The van der Waals surface area contributed by atoms with E-state index in [0.29, 0.717) is 17.5 Å². The minimum atomic E-state index is -0.0474. The largest absolute Gasteiger partial charge is 0.346 e. The van der Waals surface area contributed by atoms with Gasteiger partial charge in [0.25, 0.3) is 5.91 Å². The maximum atomic E-state index is 12.4. The van der Waals surface area contributed by atoms with Crippen molar-refractivity contribution in [1.29, 1.82) is 0 Å². The molecule has 0 radical (unpaired) electrons. The molecule has 1 amide bonds. The SMILES string of the molecule is CC1CN(C2CC2)CC1NC(=O)c1ccnc(C2CC2)n1. The summed E-state index contributed by atoms with van der Waals surface area (Å²) in [5.41, 5.74) is 0.518. The number of aromatic nitrogens is 2. The molecular weight excluding hydrogens is 264 g/mol. The van der Waals surface area contributed by atoms with E-state index in [1.807, 2.05) is 0 Å². The third-order valence-corrected chi connectivity index (χ3v) is 4.87. The quantitative estimate of drug-likeness (QED) is 0.912. The number of rotatable bonds is 4. The number of hydrogen-bond acceptors (Lipinski definition) is 4. The Morgan fingerprint density at radius 1 is 1.29 bits per heavy atom. The van der Waals surface area contributed by atoms with Crippen molar-refractivity contribution in [3.05, 3.63) is 23.8 Å². The molecule has 21 heavy (non-hydrogen) atoms. The lowest BCUT2D eigenvalue weighted by atomic mass is 10.1. The standard InChI is InChI=1S/C16H22N4O/c1-10-8-20(12-4-5-12)9-14(10)19-16(21)13-6-7-17-15(18-13)11-2-3-11/h6-7,10-12,14H,2-5,8-9H2,1H3,(H,19,21). The molecule has 1 aliphatic heterocycles. The van der Waals surface area contributed by atoms with E-state index in [1.165, 1.54) is 12.8 Å². The van der Waals surface area contributed by atoms with E-state index < -0.39 is 0 Å². The second kappa shape index (κ2) is 5.05. The summed E-state index contributed by atoms with van der Waals surface area (Å²) < 4.78 is 0. The van der Waals surface area contributed by atoms with E-state index in [2.05, 4.69) is 27.1 Å². The molecule has 1 N–H and O–H groups in total. The molecule has 5 heteroatoms. The van der Waals surface area contributed by atoms with Gasteiger partial charge in [-0.15, -0.1) is 0 Å². The molecule has 2 heterocycles. The third-order valence-electron chi connectivity index (χ3n) is 4.87. The van der Waals surface area contributed by atoms with Crippen LogP contribution in [0.1, 0.15) is 54.8 Å². The minimum absolute atomic E-state index is 0.0474. The molecule has 0 spiro atoms. The zero-order valence-electron chi connectivity index (χ0n) is 12.5. The van der Waals surface area contributed by atoms with Gasteiger partial charge in [0.2, 0.25) is 0 Å². The van der Waals surface area contributed by atoms with Crippen LogP contribution in [0, 0.1) is 5.92 Å². The molecule has 0 aromatic carbocycles. The molecule has 5 nitrogen and oxygen atoms in total. The molecule has 3 fully saturated rings. The van der Waals surface area contributed by atoms with Gasteiger partial charge >= 0.3 is 0 Å². The Kier molecular flexibility index (Phi) is 3.17. The van der Waals surface area contributed by atoms with E-state index in [1.54, 1.807) is 12.3 Å². The van der Waals surface area contributed by atoms with Crippen molar-refractivity contribution < 1.29 is 4.79 Å². The molecule has 2 unspecified atom stereocenters. The van der Waals surface area contributed by atoms with Crippen LogP contribution in [0.2, 0.25) is 0 Å². The number of likely N-dealkylation sites (tertiary alicyclic amines) is 1. The first-order chi connectivity index (χ1) is 10.2. The first-order valence-corrected chi connectivity index (χ1v) is 8.08. The van der Waals surface area contributed by atoms with Crippen LogP contribution < -0.4 is 5.32 Å². The van der Waals surface area contributed by atoms with Crippen molar-refractivity contribution in [3.63, 3.8) is 0 Å². The number of nitrogens with zero attached hydrogens (tertiary/aromatic N) is 3. The molecule has 3 aliphatic rings. The lowest BCUT2D eigenvalue weighted by Gasteiger charge is -2.17. The Labute approximate surface area is 125 Å². The number of hydrogen-bond donors (Lipinski definition) is 1. The Balaban J connectivity index is 1.41. The highest BCUT2D eigenvalue weighted by molar-refractivity contribution is 5.92. The zero-order valence-corrected chi connectivity index (χ0v) is 12.5. The lowest BCUT2D eigenvalue weighted by molar-refractivity contribution is 0.0925. The van der Waals surface area contributed by atoms with Gasteiger partial charge in [0.1, 0.15) is 11.5 Å². The van der Waals surface area contributed by atoms with Crippen LogP contribution in [0.15, 0.2) is 12.3 Å². The van der Waals surface area contributed by atoms with Crippen molar-refractivity contribution >= 4 is 5.91 Å². The van der Waals surface area contributed by atoms with Crippen molar-refractivity contribution in [1.82, 2.24) is 20.2 Å². The summed E-state index contributed by atoms with van der Waals surface area (Å²) in [6, 6.07) is 2.74. The van der Waals surface area contributed by atoms with Gasteiger partial charge in [-0.2, -0.15) is 0 Å². The highest BCUT2D eigenvalue weighted by Crippen LogP contribution is 2.37. The Bertz CT molecular complexity index is 553. The van der Waals surface area contributed by atoms with Crippen molar-refractivity contribution in [2.45, 2.75) is 50.6 Å². The first kappa shape index (κ1) is 13.2. The first-order valence-electron chi connectivity index (χ1n) is 8.08. The molecule has 2 aliphatic carbocycles. The molecule has 0 bridgehead atoms. The predicted molar refractivity (Wildman–Crippen MR) is 79.0 cm³/mol. The van der Waals surface area contributed by atoms with Gasteiger partial charge in [-0.25, -0.2) is 9.97 Å². The predicted octanol–water partition coefficient (Wildman–Crippen LogP) is 1.57. The van der Waals surface area contributed by atoms with Crippen LogP contribution in [0.5, 0.6) is 0 Å². The van der Waals surface area contributed by atoms with E-state index in [4.69, 9.17) is 0 Å². The van der Waals surface area contributed by atoms with Gasteiger partial charge in [-0.3, -0.25) is 9.69 Å². The number of carbonyl (C=O) groups excluding carboxylic acids is 1. The van der Waals surface area contributed by atoms with Gasteiger partial charge < -0.3 is 5.32 Å². The fraction of sp³-hybridized carbons (Fsp3) is 0.688. The van der Waals surface area contributed by atoms with Crippen LogP contribution in [-0.4, -0.2) is 45.9 Å². The zero-order chi connectivity index (χ0) is 14.4. The minimum Gasteiger partial charge on any atom is -0.346 e. The van der Waals surface area contributed by atoms with Gasteiger partial charge in [0.15, 0.2) is 0 Å². The average molecular weight is 286 g/mol. The van der Waals surface area contributed by atoms with E-state index >= 15 is 0 Å². The second-order valence-corrected chi connectivity index (χ2v) is 6.82. The van der Waals surface area contributed by atoms with E-state index in [0.717, 1.165) is 37.8 Å². The highest BCUT2D eigenvalue weighted by Gasteiger charge is 2.38. The summed E-state index contributed by atoms with van der Waals surface area (Å²) in [4.78, 5) is 23.6. The Morgan fingerprint density at radius 3 is 2.81 bits per heavy atom. The number of carbonyl (C=O) groups is 1. The van der Waals surface area contributed by atoms with Crippen LogP contribution in [0.3, 0.4) is 0 Å². The summed E-state index contributed by atoms with van der Waals surface area (Å²) in [5.74, 6) is 1.78. The van der Waals surface area contributed by atoms with Gasteiger partial charge in [0.05, 0.1) is 0 Å². The molecule has 4 rings (SSSR count). The Hall–Kier alpha value is -1.49. The van der Waals surface area contributed by atoms with Crippen LogP contribution >= 0.6 is 0 Å². The monoisotopic (exact) mass is 286 g/mol. The van der Waals surface area contributed by atoms with Crippen molar-refractivity contribution in [2.24, 2.45) is 5.92 Å². The fourth-order valence-electron chi connectivity index (χ4n) is 3.21. The smallest absolute Gasteiger partial charge is 0.270 e.